The molecule has 1 aliphatic heterocycles. The van der Waals surface area contributed by atoms with Crippen LogP contribution in [-0.4, -0.2) is 18.1 Å². The van der Waals surface area contributed by atoms with Crippen molar-refractivity contribution >= 4 is 10.9 Å². The Morgan fingerprint density at radius 2 is 2.00 bits per heavy atom. The van der Waals surface area contributed by atoms with E-state index in [4.69, 9.17) is 0 Å². The van der Waals surface area contributed by atoms with Crippen LogP contribution in [0, 0.1) is 5.92 Å². The third-order valence-corrected chi connectivity index (χ3v) is 3.69. The van der Waals surface area contributed by atoms with Crippen molar-refractivity contribution in [2.75, 3.05) is 13.1 Å². The summed E-state index contributed by atoms with van der Waals surface area (Å²) in [6.45, 7) is 1.88. The van der Waals surface area contributed by atoms with Gasteiger partial charge in [0.05, 0.1) is 0 Å². The molecule has 1 saturated heterocycles. The maximum absolute atomic E-state index is 14.4. The second-order valence-electron chi connectivity index (χ2n) is 4.81. The number of aromatic amines is 1. The summed E-state index contributed by atoms with van der Waals surface area (Å²) < 4.78 is 14.4. The Morgan fingerprint density at radius 3 is 2.82 bits per heavy atom. The van der Waals surface area contributed by atoms with Gasteiger partial charge in [-0.1, -0.05) is 6.07 Å². The van der Waals surface area contributed by atoms with Gasteiger partial charge in [-0.25, -0.2) is 4.39 Å². The van der Waals surface area contributed by atoms with Gasteiger partial charge in [0.2, 0.25) is 0 Å². The third kappa shape index (κ3) is 2.07. The van der Waals surface area contributed by atoms with Crippen LogP contribution in [0.15, 0.2) is 30.5 Å². The number of hydrogen-bond acceptors (Lipinski definition) is 1. The molecule has 1 aliphatic rings. The van der Waals surface area contributed by atoms with Crippen molar-refractivity contribution in [3.8, 4) is 0 Å². The monoisotopic (exact) mass is 232 g/mol. The minimum atomic E-state index is -0.823. The first-order valence-corrected chi connectivity index (χ1v) is 6.26. The van der Waals surface area contributed by atoms with Crippen molar-refractivity contribution in [1.29, 1.82) is 0 Å². The standard InChI is InChI=1S/C14H17FN2/c15-14(10-3-6-16-7-4-10)12-1-2-13-11(9-12)5-8-17-13/h1-2,5,8-10,14,16-17H,3-4,6-7H2. The summed E-state index contributed by atoms with van der Waals surface area (Å²) in [5.41, 5.74) is 1.90. The van der Waals surface area contributed by atoms with Crippen molar-refractivity contribution in [1.82, 2.24) is 10.3 Å². The molecule has 0 bridgehead atoms. The first kappa shape index (κ1) is 10.8. The molecule has 1 unspecified atom stereocenters. The average Bonchev–Trinajstić information content (AvgIpc) is 2.86. The number of rotatable bonds is 2. The van der Waals surface area contributed by atoms with Crippen LogP contribution < -0.4 is 5.32 Å². The largest absolute Gasteiger partial charge is 0.361 e. The minimum Gasteiger partial charge on any atom is -0.361 e. The molecule has 0 saturated carbocycles. The Balaban J connectivity index is 1.86. The van der Waals surface area contributed by atoms with Crippen molar-refractivity contribution in [3.63, 3.8) is 0 Å². The van der Waals surface area contributed by atoms with E-state index < -0.39 is 6.17 Å². The lowest BCUT2D eigenvalue weighted by atomic mass is 9.89. The molecule has 0 amide bonds. The molecule has 2 nitrogen and oxygen atoms in total. The first-order chi connectivity index (χ1) is 8.34. The SMILES string of the molecule is FC(c1ccc2[nH]ccc2c1)C1CCNCC1. The van der Waals surface area contributed by atoms with E-state index in [-0.39, 0.29) is 5.92 Å². The van der Waals surface area contributed by atoms with E-state index in [2.05, 4.69) is 10.3 Å². The van der Waals surface area contributed by atoms with Gasteiger partial charge in [-0.15, -0.1) is 0 Å². The van der Waals surface area contributed by atoms with E-state index in [0.29, 0.717) is 0 Å². The van der Waals surface area contributed by atoms with E-state index in [1.54, 1.807) is 0 Å². The normalized spacial score (nSPS) is 19.6. The fourth-order valence-electron chi connectivity index (χ4n) is 2.65. The van der Waals surface area contributed by atoms with Gasteiger partial charge in [-0.2, -0.15) is 0 Å². The van der Waals surface area contributed by atoms with E-state index in [0.717, 1.165) is 42.4 Å². The Morgan fingerprint density at radius 1 is 1.18 bits per heavy atom. The number of nitrogens with one attached hydrogen (secondary N) is 2. The molecule has 1 fully saturated rings. The molecule has 0 radical (unpaired) electrons. The number of alkyl halides is 1. The first-order valence-electron chi connectivity index (χ1n) is 6.26. The number of fused-ring (bicyclic) bond motifs is 1. The number of aromatic nitrogens is 1. The fraction of sp³-hybridized carbons (Fsp3) is 0.429. The zero-order valence-corrected chi connectivity index (χ0v) is 9.75. The highest BCUT2D eigenvalue weighted by molar-refractivity contribution is 5.80. The summed E-state index contributed by atoms with van der Waals surface area (Å²) in [5, 5.41) is 4.37. The topological polar surface area (TPSA) is 27.8 Å². The van der Waals surface area contributed by atoms with Crippen LogP contribution in [0.3, 0.4) is 0 Å². The van der Waals surface area contributed by atoms with Crippen LogP contribution in [0.1, 0.15) is 24.6 Å². The summed E-state index contributed by atoms with van der Waals surface area (Å²) in [5.74, 6) is 0.174. The van der Waals surface area contributed by atoms with E-state index in [1.165, 1.54) is 0 Å². The van der Waals surface area contributed by atoms with Gasteiger partial charge in [0, 0.05) is 11.7 Å². The predicted octanol–water partition coefficient (Wildman–Crippen LogP) is 3.18. The molecule has 3 rings (SSSR count). The van der Waals surface area contributed by atoms with Gasteiger partial charge in [-0.3, -0.25) is 0 Å². The molecule has 1 atom stereocenters. The zero-order chi connectivity index (χ0) is 11.7. The number of halogens is 1. The van der Waals surface area contributed by atoms with Gasteiger partial charge < -0.3 is 10.3 Å². The second-order valence-corrected chi connectivity index (χ2v) is 4.81. The maximum atomic E-state index is 14.4. The molecule has 1 aromatic heterocycles. The highest BCUT2D eigenvalue weighted by atomic mass is 19.1. The number of H-pyrrole nitrogens is 1. The highest BCUT2D eigenvalue weighted by Gasteiger charge is 2.24. The van der Waals surface area contributed by atoms with Crippen molar-refractivity contribution in [3.05, 3.63) is 36.0 Å². The molecule has 0 spiro atoms. The van der Waals surface area contributed by atoms with Gasteiger partial charge in [0.25, 0.3) is 0 Å². The maximum Gasteiger partial charge on any atom is 0.128 e. The van der Waals surface area contributed by atoms with Crippen LogP contribution in [0.4, 0.5) is 4.39 Å². The molecule has 1 aromatic carbocycles. The molecule has 90 valence electrons. The highest BCUT2D eigenvalue weighted by Crippen LogP contribution is 2.33. The number of hydrogen-bond donors (Lipinski definition) is 2. The molecule has 2 aromatic rings. The van der Waals surface area contributed by atoms with Crippen LogP contribution in [0.2, 0.25) is 0 Å². The molecule has 2 N–H and O–H groups in total. The average molecular weight is 232 g/mol. The van der Waals surface area contributed by atoms with Crippen LogP contribution >= 0.6 is 0 Å². The lowest BCUT2D eigenvalue weighted by Gasteiger charge is -2.26. The summed E-state index contributed by atoms with van der Waals surface area (Å²) in [6, 6.07) is 7.84. The number of benzene rings is 1. The van der Waals surface area contributed by atoms with E-state index in [9.17, 15) is 4.39 Å². The minimum absolute atomic E-state index is 0.174. The van der Waals surface area contributed by atoms with Gasteiger partial charge in [0.15, 0.2) is 0 Å². The molecule has 3 heteroatoms. The van der Waals surface area contributed by atoms with Gasteiger partial charge in [-0.05, 0) is 61.0 Å². The molecular weight excluding hydrogens is 215 g/mol. The smallest absolute Gasteiger partial charge is 0.128 e. The fourth-order valence-corrected chi connectivity index (χ4v) is 2.65. The summed E-state index contributed by atoms with van der Waals surface area (Å²) in [4.78, 5) is 3.13. The Bertz CT molecular complexity index is 500. The van der Waals surface area contributed by atoms with Crippen molar-refractivity contribution < 1.29 is 4.39 Å². The van der Waals surface area contributed by atoms with Gasteiger partial charge in [0.1, 0.15) is 6.17 Å². The number of piperidine rings is 1. The zero-order valence-electron chi connectivity index (χ0n) is 9.75. The van der Waals surface area contributed by atoms with Crippen LogP contribution in [0.25, 0.3) is 10.9 Å². The Labute approximate surface area is 100 Å². The summed E-state index contributed by atoms with van der Waals surface area (Å²) >= 11 is 0. The summed E-state index contributed by atoms with van der Waals surface area (Å²) in [7, 11) is 0. The lowest BCUT2D eigenvalue weighted by Crippen LogP contribution is -2.29. The lowest BCUT2D eigenvalue weighted by molar-refractivity contribution is 0.190. The Hall–Kier alpha value is -1.35. The molecule has 2 heterocycles. The van der Waals surface area contributed by atoms with Crippen LogP contribution in [-0.2, 0) is 0 Å². The second kappa shape index (κ2) is 4.49. The van der Waals surface area contributed by atoms with Crippen molar-refractivity contribution in [2.24, 2.45) is 5.92 Å². The van der Waals surface area contributed by atoms with E-state index >= 15 is 0 Å². The molecular formula is C14H17FN2. The molecule has 0 aliphatic carbocycles. The summed E-state index contributed by atoms with van der Waals surface area (Å²) in [6.07, 6.45) is 2.95. The third-order valence-electron chi connectivity index (χ3n) is 3.69. The quantitative estimate of drug-likeness (QED) is 0.817. The van der Waals surface area contributed by atoms with Crippen molar-refractivity contribution in [2.45, 2.75) is 19.0 Å². The predicted molar refractivity (Wildman–Crippen MR) is 67.7 cm³/mol. The van der Waals surface area contributed by atoms with Crippen LogP contribution in [0.5, 0.6) is 0 Å². The molecule has 17 heavy (non-hydrogen) atoms. The van der Waals surface area contributed by atoms with Gasteiger partial charge >= 0.3 is 0 Å². The Kier molecular flexibility index (Phi) is 2.85. The van der Waals surface area contributed by atoms with E-state index in [1.807, 2.05) is 30.5 Å².